The molecule has 0 saturated heterocycles. The highest BCUT2D eigenvalue weighted by molar-refractivity contribution is 5.78. The molecule has 2 aromatic rings. The molecule has 0 saturated carbocycles. The first-order valence-corrected chi connectivity index (χ1v) is 10.4. The maximum Gasteiger partial charge on any atom is -0.0100 e. The van der Waals surface area contributed by atoms with Gasteiger partial charge in [0, 0.05) is 0 Å². The Balaban J connectivity index is 2.05. The zero-order chi connectivity index (χ0) is 20.5. The predicted molar refractivity (Wildman–Crippen MR) is 125 cm³/mol. The maximum atomic E-state index is 4.00. The van der Waals surface area contributed by atoms with E-state index in [4.69, 9.17) is 0 Å². The summed E-state index contributed by atoms with van der Waals surface area (Å²) in [5.74, 6) is 0. The zero-order valence-electron chi connectivity index (χ0n) is 18.4. The van der Waals surface area contributed by atoms with Crippen LogP contribution in [0.3, 0.4) is 0 Å². The molecule has 0 atom stereocenters. The summed E-state index contributed by atoms with van der Waals surface area (Å²) in [5.41, 5.74) is 9.93. The maximum absolute atomic E-state index is 4.00. The summed E-state index contributed by atoms with van der Waals surface area (Å²) < 4.78 is 0. The van der Waals surface area contributed by atoms with Crippen molar-refractivity contribution in [3.63, 3.8) is 0 Å². The lowest BCUT2D eigenvalue weighted by Crippen LogP contribution is -2.34. The molecule has 1 aliphatic carbocycles. The Morgan fingerprint density at radius 3 is 2.04 bits per heavy atom. The molecule has 0 bridgehead atoms. The lowest BCUT2D eigenvalue weighted by atomic mass is 9.62. The Labute approximate surface area is 171 Å². The molecule has 0 nitrogen and oxygen atoms in total. The summed E-state index contributed by atoms with van der Waals surface area (Å²) in [6.45, 7) is 18.0. The Bertz CT molecular complexity index is 934. The van der Waals surface area contributed by atoms with Gasteiger partial charge in [0.05, 0.1) is 0 Å². The van der Waals surface area contributed by atoms with E-state index in [-0.39, 0.29) is 10.8 Å². The molecule has 0 amide bonds. The summed E-state index contributed by atoms with van der Waals surface area (Å²) in [6.07, 6.45) is 8.85. The summed E-state index contributed by atoms with van der Waals surface area (Å²) in [7, 11) is 0. The molecule has 0 unspecified atom stereocenters. The molecule has 3 rings (SSSR count). The van der Waals surface area contributed by atoms with Crippen molar-refractivity contribution in [2.75, 3.05) is 0 Å². The lowest BCUT2D eigenvalue weighted by molar-refractivity contribution is 0.331. The van der Waals surface area contributed by atoms with Gasteiger partial charge in [-0.1, -0.05) is 95.0 Å². The number of hydrogen-bond donors (Lipinski definition) is 0. The highest BCUT2D eigenvalue weighted by Crippen LogP contribution is 2.47. The van der Waals surface area contributed by atoms with E-state index in [1.165, 1.54) is 46.2 Å². The zero-order valence-corrected chi connectivity index (χ0v) is 18.4. The second-order valence-electron chi connectivity index (χ2n) is 9.52. The van der Waals surface area contributed by atoms with Crippen molar-refractivity contribution in [3.05, 3.63) is 95.1 Å². The number of hydrogen-bond acceptors (Lipinski definition) is 0. The van der Waals surface area contributed by atoms with Gasteiger partial charge in [-0.15, -0.1) is 0 Å². The Morgan fingerprint density at radius 2 is 1.46 bits per heavy atom. The minimum Gasteiger partial charge on any atom is -0.0984 e. The fraction of sp³-hybridized carbons (Fsp3) is 0.357. The second-order valence-corrected chi connectivity index (χ2v) is 9.52. The number of benzene rings is 2. The van der Waals surface area contributed by atoms with Crippen LogP contribution in [-0.4, -0.2) is 0 Å². The minimum atomic E-state index is 0.236. The van der Waals surface area contributed by atoms with E-state index in [1.54, 1.807) is 0 Å². The molecule has 0 aromatic heterocycles. The van der Waals surface area contributed by atoms with Crippen LogP contribution >= 0.6 is 0 Å². The van der Waals surface area contributed by atoms with Crippen LogP contribution in [0.4, 0.5) is 0 Å². The van der Waals surface area contributed by atoms with Crippen LogP contribution < -0.4 is 0 Å². The molecule has 0 N–H and O–H groups in total. The van der Waals surface area contributed by atoms with Crippen molar-refractivity contribution < 1.29 is 0 Å². The second kappa shape index (κ2) is 7.59. The van der Waals surface area contributed by atoms with Gasteiger partial charge in [-0.2, -0.15) is 0 Å². The number of rotatable bonds is 4. The third-order valence-electron chi connectivity index (χ3n) is 6.46. The fourth-order valence-electron chi connectivity index (χ4n) is 4.36. The van der Waals surface area contributed by atoms with Crippen molar-refractivity contribution in [1.82, 2.24) is 0 Å². The average molecular weight is 371 g/mol. The largest absolute Gasteiger partial charge is 0.0984 e. The van der Waals surface area contributed by atoms with Crippen molar-refractivity contribution in [2.45, 2.75) is 65.2 Å². The van der Waals surface area contributed by atoms with Crippen LogP contribution in [0.25, 0.3) is 11.1 Å². The molecule has 1 aliphatic rings. The normalized spacial score (nSPS) is 18.5. The molecule has 2 aromatic carbocycles. The molecule has 0 fully saturated rings. The highest BCUT2D eigenvalue weighted by atomic mass is 14.4. The Kier molecular flexibility index (Phi) is 5.53. The predicted octanol–water partition coefficient (Wildman–Crippen LogP) is 8.02. The molecule has 0 spiro atoms. The van der Waals surface area contributed by atoms with Gasteiger partial charge < -0.3 is 0 Å². The van der Waals surface area contributed by atoms with Crippen molar-refractivity contribution in [2.24, 2.45) is 0 Å². The first-order valence-electron chi connectivity index (χ1n) is 10.4. The van der Waals surface area contributed by atoms with E-state index in [0.29, 0.717) is 0 Å². The first kappa shape index (κ1) is 20.4. The molecule has 0 aliphatic heterocycles. The molecule has 146 valence electrons. The van der Waals surface area contributed by atoms with Crippen molar-refractivity contribution >= 4 is 11.1 Å². The lowest BCUT2D eigenvalue weighted by Gasteiger charge is -2.42. The molecule has 28 heavy (non-hydrogen) atoms. The van der Waals surface area contributed by atoms with E-state index >= 15 is 0 Å². The van der Waals surface area contributed by atoms with Crippen molar-refractivity contribution in [3.8, 4) is 0 Å². The van der Waals surface area contributed by atoms with Gasteiger partial charge >= 0.3 is 0 Å². The van der Waals surface area contributed by atoms with Gasteiger partial charge in [0.15, 0.2) is 0 Å². The van der Waals surface area contributed by atoms with Gasteiger partial charge in [-0.25, -0.2) is 0 Å². The van der Waals surface area contributed by atoms with Gasteiger partial charge in [0.25, 0.3) is 0 Å². The van der Waals surface area contributed by atoms with Gasteiger partial charge in [0.1, 0.15) is 0 Å². The highest BCUT2D eigenvalue weighted by Gasteiger charge is 2.37. The average Bonchev–Trinajstić information content (AvgIpc) is 2.66. The monoisotopic (exact) mass is 370 g/mol. The Hall–Kier alpha value is -2.34. The van der Waals surface area contributed by atoms with Crippen molar-refractivity contribution in [1.29, 1.82) is 0 Å². The van der Waals surface area contributed by atoms with Crippen LogP contribution in [0.2, 0.25) is 0 Å². The topological polar surface area (TPSA) is 0 Å². The van der Waals surface area contributed by atoms with E-state index in [1.807, 2.05) is 12.1 Å². The number of fused-ring (bicyclic) bond motifs is 1. The minimum absolute atomic E-state index is 0.236. The molecule has 0 radical (unpaired) electrons. The van der Waals surface area contributed by atoms with Crippen LogP contribution in [0.1, 0.15) is 75.3 Å². The molecule has 0 heteroatoms. The summed E-state index contributed by atoms with van der Waals surface area (Å²) in [6, 6.07) is 15.4. The van der Waals surface area contributed by atoms with E-state index in [9.17, 15) is 0 Å². The third-order valence-corrected chi connectivity index (χ3v) is 6.46. The van der Waals surface area contributed by atoms with Gasteiger partial charge in [-0.05, 0) is 76.5 Å². The molecular weight excluding hydrogens is 336 g/mol. The fourth-order valence-corrected chi connectivity index (χ4v) is 4.36. The van der Waals surface area contributed by atoms with E-state index < -0.39 is 0 Å². The molecule has 0 heterocycles. The number of aryl methyl sites for hydroxylation is 1. The van der Waals surface area contributed by atoms with E-state index in [0.717, 1.165) is 5.57 Å². The Morgan fingerprint density at radius 1 is 0.893 bits per heavy atom. The van der Waals surface area contributed by atoms with Crippen LogP contribution in [0.5, 0.6) is 0 Å². The van der Waals surface area contributed by atoms with Gasteiger partial charge in [0.2, 0.25) is 0 Å². The standard InChI is InChI=1S/C28H34/c1-8-22(23-12-10-9-11-13-23)15-14-20(2)24-19-26-25(18-21(24)3)27(4,5)16-17-28(26,6)7/h8-15,18-19H,1,16-17H2,2-7H3/b20-14+,22-15+. The quantitative estimate of drug-likeness (QED) is 0.478. The summed E-state index contributed by atoms with van der Waals surface area (Å²) in [5, 5.41) is 0. The number of allylic oxidation sites excluding steroid dienone is 5. The molecular formula is C28H34. The van der Waals surface area contributed by atoms with Crippen LogP contribution in [-0.2, 0) is 10.8 Å². The van der Waals surface area contributed by atoms with E-state index in [2.05, 4.69) is 96.7 Å². The third kappa shape index (κ3) is 3.92. The van der Waals surface area contributed by atoms with Gasteiger partial charge in [-0.3, -0.25) is 0 Å². The van der Waals surface area contributed by atoms with Crippen LogP contribution in [0, 0.1) is 6.92 Å². The summed E-state index contributed by atoms with van der Waals surface area (Å²) in [4.78, 5) is 0. The SMILES string of the molecule is C=C/C(=C\C=C(/C)c1cc2c(cc1C)C(C)(C)CCC2(C)C)c1ccccc1. The van der Waals surface area contributed by atoms with Crippen LogP contribution in [0.15, 0.2) is 67.3 Å². The smallest absolute Gasteiger partial charge is 0.0100 e. The first-order chi connectivity index (χ1) is 13.2. The summed E-state index contributed by atoms with van der Waals surface area (Å²) >= 11 is 0.